The van der Waals surface area contributed by atoms with Crippen molar-refractivity contribution in [1.82, 2.24) is 14.5 Å². The van der Waals surface area contributed by atoms with Gasteiger partial charge in [0.25, 0.3) is 5.56 Å². The maximum absolute atomic E-state index is 13.1. The molecular formula is C21H27N3O4S2. The fraction of sp³-hybridized carbons (Fsp3) is 0.476. The Kier molecular flexibility index (Phi) is 7.02. The van der Waals surface area contributed by atoms with Crippen molar-refractivity contribution in [3.05, 3.63) is 47.3 Å². The lowest BCUT2D eigenvalue weighted by Crippen LogP contribution is -2.47. The smallest absolute Gasteiger partial charge is 0.262 e. The lowest BCUT2D eigenvalue weighted by Gasteiger charge is -2.33. The molecule has 9 heteroatoms. The van der Waals surface area contributed by atoms with Gasteiger partial charge in [-0.05, 0) is 31.9 Å². The van der Waals surface area contributed by atoms with Crippen LogP contribution in [0.1, 0.15) is 26.7 Å². The van der Waals surface area contributed by atoms with Crippen LogP contribution in [-0.2, 0) is 21.2 Å². The second kappa shape index (κ2) is 9.34. The van der Waals surface area contributed by atoms with Crippen LogP contribution in [0.15, 0.2) is 46.9 Å². The van der Waals surface area contributed by atoms with E-state index in [-0.39, 0.29) is 40.8 Å². The molecule has 0 bridgehead atoms. The average molecular weight is 450 g/mol. The SMILES string of the molecule is C=CCn1c(SCC(=O)N([C@H]2CCS(=O)(=O)C2)[C@@H](C)CC)nc2ccccc2c1=O. The highest BCUT2D eigenvalue weighted by Crippen LogP contribution is 2.24. The molecule has 2 heterocycles. The van der Waals surface area contributed by atoms with Crippen molar-refractivity contribution in [2.24, 2.45) is 0 Å². The minimum absolute atomic E-state index is 0.0170. The summed E-state index contributed by atoms with van der Waals surface area (Å²) in [5, 5.41) is 0.975. The zero-order valence-electron chi connectivity index (χ0n) is 17.3. The molecule has 0 saturated carbocycles. The number of para-hydroxylation sites is 1. The third-order valence-electron chi connectivity index (χ3n) is 5.42. The van der Waals surface area contributed by atoms with E-state index in [1.807, 2.05) is 19.9 Å². The average Bonchev–Trinajstić information content (AvgIpc) is 3.08. The van der Waals surface area contributed by atoms with E-state index in [0.717, 1.165) is 6.42 Å². The van der Waals surface area contributed by atoms with Gasteiger partial charge >= 0.3 is 0 Å². The van der Waals surface area contributed by atoms with E-state index in [1.165, 1.54) is 16.3 Å². The number of benzene rings is 1. The van der Waals surface area contributed by atoms with Crippen LogP contribution >= 0.6 is 11.8 Å². The number of allylic oxidation sites excluding steroid dienone is 1. The molecule has 0 unspecified atom stereocenters. The molecule has 1 aliphatic rings. The van der Waals surface area contributed by atoms with Crippen LogP contribution in [-0.4, -0.2) is 58.1 Å². The molecule has 1 fully saturated rings. The van der Waals surface area contributed by atoms with E-state index in [2.05, 4.69) is 11.6 Å². The van der Waals surface area contributed by atoms with Crippen molar-refractivity contribution in [3.8, 4) is 0 Å². The molecule has 30 heavy (non-hydrogen) atoms. The molecule has 0 aliphatic carbocycles. The summed E-state index contributed by atoms with van der Waals surface area (Å²) in [7, 11) is -3.10. The van der Waals surface area contributed by atoms with Gasteiger partial charge in [0.2, 0.25) is 5.91 Å². The molecule has 2 aromatic rings. The molecule has 1 aliphatic heterocycles. The highest BCUT2D eigenvalue weighted by molar-refractivity contribution is 7.99. The van der Waals surface area contributed by atoms with Gasteiger partial charge in [-0.2, -0.15) is 0 Å². The predicted molar refractivity (Wildman–Crippen MR) is 121 cm³/mol. The first kappa shape index (κ1) is 22.6. The number of aromatic nitrogens is 2. The maximum Gasteiger partial charge on any atom is 0.262 e. The lowest BCUT2D eigenvalue weighted by molar-refractivity contribution is -0.132. The predicted octanol–water partition coefficient (Wildman–Crippen LogP) is 2.49. The van der Waals surface area contributed by atoms with Gasteiger partial charge in [-0.1, -0.05) is 36.9 Å². The summed E-state index contributed by atoms with van der Waals surface area (Å²) in [5.41, 5.74) is 0.412. The van der Waals surface area contributed by atoms with Crippen molar-refractivity contribution < 1.29 is 13.2 Å². The topological polar surface area (TPSA) is 89.3 Å². The molecule has 3 rings (SSSR count). The van der Waals surface area contributed by atoms with E-state index in [9.17, 15) is 18.0 Å². The number of carbonyl (C=O) groups excluding carboxylic acids is 1. The standard InChI is InChI=1S/C21H27N3O4S2/c1-4-11-23-20(26)17-8-6-7-9-18(17)22-21(23)29-13-19(25)24(15(3)5-2)16-10-12-30(27,28)14-16/h4,6-9,15-16H,1,5,10-14H2,2-3H3/t15-,16-/m0/s1. The molecular weight excluding hydrogens is 422 g/mol. The number of hydrogen-bond donors (Lipinski definition) is 0. The first-order valence-corrected chi connectivity index (χ1v) is 12.8. The Hall–Kier alpha value is -2.13. The van der Waals surface area contributed by atoms with E-state index in [0.29, 0.717) is 29.0 Å². The van der Waals surface area contributed by atoms with Crippen LogP contribution in [0.2, 0.25) is 0 Å². The summed E-state index contributed by atoms with van der Waals surface area (Å²) in [6.45, 7) is 7.93. The van der Waals surface area contributed by atoms with Crippen LogP contribution in [0.25, 0.3) is 10.9 Å². The normalized spacial score (nSPS) is 18.9. The molecule has 2 atom stereocenters. The van der Waals surface area contributed by atoms with Crippen LogP contribution in [0.4, 0.5) is 0 Å². The fourth-order valence-corrected chi connectivity index (χ4v) is 6.34. The molecule has 0 radical (unpaired) electrons. The summed E-state index contributed by atoms with van der Waals surface area (Å²) < 4.78 is 25.4. The van der Waals surface area contributed by atoms with Gasteiger partial charge in [0.05, 0.1) is 28.2 Å². The minimum Gasteiger partial charge on any atom is -0.335 e. The first-order valence-electron chi connectivity index (χ1n) is 10.0. The molecule has 1 amide bonds. The molecule has 1 aromatic carbocycles. The number of rotatable bonds is 8. The third kappa shape index (κ3) is 4.78. The maximum atomic E-state index is 13.1. The molecule has 0 N–H and O–H groups in total. The Morgan fingerprint density at radius 3 is 2.80 bits per heavy atom. The van der Waals surface area contributed by atoms with E-state index < -0.39 is 9.84 Å². The Morgan fingerprint density at radius 1 is 1.43 bits per heavy atom. The molecule has 1 saturated heterocycles. The summed E-state index contributed by atoms with van der Waals surface area (Å²) in [5.74, 6) is 0.0891. The monoisotopic (exact) mass is 449 g/mol. The van der Waals surface area contributed by atoms with Gasteiger partial charge in [-0.25, -0.2) is 13.4 Å². The van der Waals surface area contributed by atoms with E-state index >= 15 is 0 Å². The Bertz CT molecular complexity index is 1110. The minimum atomic E-state index is -3.10. The van der Waals surface area contributed by atoms with Crippen molar-refractivity contribution in [2.75, 3.05) is 17.3 Å². The molecule has 162 valence electrons. The van der Waals surface area contributed by atoms with Gasteiger partial charge in [0.15, 0.2) is 15.0 Å². The van der Waals surface area contributed by atoms with Crippen LogP contribution in [0, 0.1) is 0 Å². The number of fused-ring (bicyclic) bond motifs is 1. The highest BCUT2D eigenvalue weighted by Gasteiger charge is 2.36. The lowest BCUT2D eigenvalue weighted by atomic mass is 10.1. The Labute approximate surface area is 181 Å². The molecule has 0 spiro atoms. The Morgan fingerprint density at radius 2 is 2.17 bits per heavy atom. The second-order valence-electron chi connectivity index (χ2n) is 7.52. The first-order chi connectivity index (χ1) is 14.3. The molecule has 7 nitrogen and oxygen atoms in total. The van der Waals surface area contributed by atoms with Crippen LogP contribution in [0.5, 0.6) is 0 Å². The van der Waals surface area contributed by atoms with Gasteiger partial charge < -0.3 is 4.90 Å². The summed E-state index contributed by atoms with van der Waals surface area (Å²) in [6, 6.07) is 6.76. The summed E-state index contributed by atoms with van der Waals surface area (Å²) in [4.78, 5) is 32.3. The number of carbonyl (C=O) groups is 1. The number of sulfone groups is 1. The number of hydrogen-bond acceptors (Lipinski definition) is 6. The zero-order chi connectivity index (χ0) is 21.9. The van der Waals surface area contributed by atoms with Crippen molar-refractivity contribution in [2.45, 2.75) is 50.5 Å². The fourth-order valence-electron chi connectivity index (χ4n) is 3.75. The largest absolute Gasteiger partial charge is 0.335 e. The summed E-state index contributed by atoms with van der Waals surface area (Å²) in [6.07, 6.45) is 2.83. The van der Waals surface area contributed by atoms with Crippen molar-refractivity contribution in [1.29, 1.82) is 0 Å². The van der Waals surface area contributed by atoms with Crippen molar-refractivity contribution >= 4 is 38.4 Å². The number of amides is 1. The number of thioether (sulfide) groups is 1. The van der Waals surface area contributed by atoms with Crippen molar-refractivity contribution in [3.63, 3.8) is 0 Å². The highest BCUT2D eigenvalue weighted by atomic mass is 32.2. The quantitative estimate of drug-likeness (QED) is 0.349. The molecule has 1 aromatic heterocycles. The van der Waals surface area contributed by atoms with Gasteiger partial charge in [0, 0.05) is 18.6 Å². The Balaban J connectivity index is 1.86. The van der Waals surface area contributed by atoms with E-state index in [4.69, 9.17) is 0 Å². The number of nitrogens with zero attached hydrogens (tertiary/aromatic N) is 3. The van der Waals surface area contributed by atoms with Gasteiger partial charge in [0.1, 0.15) is 0 Å². The van der Waals surface area contributed by atoms with Gasteiger partial charge in [-0.3, -0.25) is 14.2 Å². The van der Waals surface area contributed by atoms with Gasteiger partial charge in [-0.15, -0.1) is 6.58 Å². The third-order valence-corrected chi connectivity index (χ3v) is 8.13. The summed E-state index contributed by atoms with van der Waals surface area (Å²) >= 11 is 1.20. The van der Waals surface area contributed by atoms with Crippen LogP contribution < -0.4 is 5.56 Å². The zero-order valence-corrected chi connectivity index (χ0v) is 18.9. The second-order valence-corrected chi connectivity index (χ2v) is 10.7. The van der Waals surface area contributed by atoms with E-state index in [1.54, 1.807) is 29.2 Å². The van der Waals surface area contributed by atoms with Crippen LogP contribution in [0.3, 0.4) is 0 Å².